The van der Waals surface area contributed by atoms with Crippen LogP contribution in [0.4, 0.5) is 0 Å². The van der Waals surface area contributed by atoms with Crippen molar-refractivity contribution in [3.8, 4) is 0 Å². The summed E-state index contributed by atoms with van der Waals surface area (Å²) < 4.78 is 2.82. The van der Waals surface area contributed by atoms with Crippen LogP contribution in [0.2, 0.25) is 0 Å². The van der Waals surface area contributed by atoms with Crippen LogP contribution in [0.3, 0.4) is 0 Å². The Morgan fingerprint density at radius 1 is 0.342 bits per heavy atom. The van der Waals surface area contributed by atoms with Gasteiger partial charge in [-0.25, -0.2) is 0 Å². The molecule has 0 rings (SSSR count). The molecular formula is C36H76NP. The molecule has 1 atom stereocenters. The maximum Gasteiger partial charge on any atom is 0.0241 e. The van der Waals surface area contributed by atoms with Gasteiger partial charge in [0.15, 0.2) is 0 Å². The fourth-order valence-electron chi connectivity index (χ4n) is 6.34. The van der Waals surface area contributed by atoms with Gasteiger partial charge in [0.1, 0.15) is 0 Å². The first-order valence-electron chi connectivity index (χ1n) is 18.2. The molecule has 230 valence electrons. The van der Waals surface area contributed by atoms with Crippen molar-refractivity contribution in [2.75, 3.05) is 6.54 Å². The van der Waals surface area contributed by atoms with Gasteiger partial charge in [-0.05, 0) is 25.7 Å². The predicted molar refractivity (Wildman–Crippen MR) is 180 cm³/mol. The van der Waals surface area contributed by atoms with Gasteiger partial charge >= 0.3 is 0 Å². The van der Waals surface area contributed by atoms with E-state index in [1.54, 1.807) is 0 Å². The van der Waals surface area contributed by atoms with Crippen molar-refractivity contribution in [3.05, 3.63) is 0 Å². The Balaban J connectivity index is 4.94. The van der Waals surface area contributed by atoms with Crippen molar-refractivity contribution in [2.24, 2.45) is 0 Å². The quantitative estimate of drug-likeness (QED) is 0.0591. The van der Waals surface area contributed by atoms with E-state index in [0.717, 1.165) is 0 Å². The summed E-state index contributed by atoms with van der Waals surface area (Å²) in [7, 11) is 3.28. The molecule has 38 heavy (non-hydrogen) atoms. The third kappa shape index (κ3) is 23.1. The summed E-state index contributed by atoms with van der Waals surface area (Å²) in [6.45, 7) is 10.6. The largest absolute Gasteiger partial charge is 0.281 e. The Labute approximate surface area is 246 Å². The van der Waals surface area contributed by atoms with Crippen molar-refractivity contribution in [2.45, 2.75) is 226 Å². The molecule has 0 heterocycles. The second kappa shape index (κ2) is 30.4. The number of nitrogens with zero attached hydrogens (tertiary/aromatic N) is 1. The highest BCUT2D eigenvalue weighted by molar-refractivity contribution is 7.13. The molecule has 0 spiro atoms. The van der Waals surface area contributed by atoms with E-state index in [2.05, 4.69) is 41.8 Å². The van der Waals surface area contributed by atoms with Crippen LogP contribution in [0.1, 0.15) is 220 Å². The summed E-state index contributed by atoms with van der Waals surface area (Å²) in [6, 6.07) is 0. The van der Waals surface area contributed by atoms with Gasteiger partial charge in [0.25, 0.3) is 0 Å². The summed E-state index contributed by atoms with van der Waals surface area (Å²) >= 11 is 0. The third-order valence-corrected chi connectivity index (χ3v) is 9.90. The van der Waals surface area contributed by atoms with Gasteiger partial charge in [-0.15, -0.1) is 0 Å². The normalized spacial score (nSPS) is 12.2. The molecule has 0 aliphatic rings. The van der Waals surface area contributed by atoms with Gasteiger partial charge in [0, 0.05) is 12.1 Å². The Kier molecular flexibility index (Phi) is 30.7. The van der Waals surface area contributed by atoms with Crippen molar-refractivity contribution in [3.63, 3.8) is 0 Å². The highest BCUT2D eigenvalue weighted by Crippen LogP contribution is 2.37. The summed E-state index contributed by atoms with van der Waals surface area (Å²) in [5, 5.41) is 0. The maximum absolute atomic E-state index is 3.28. The summed E-state index contributed by atoms with van der Waals surface area (Å²) in [5.74, 6) is 0. The average molecular weight is 554 g/mol. The molecule has 0 radical (unpaired) electrons. The zero-order chi connectivity index (χ0) is 28.0. The van der Waals surface area contributed by atoms with E-state index in [1.165, 1.54) is 199 Å². The lowest BCUT2D eigenvalue weighted by Gasteiger charge is -2.43. The van der Waals surface area contributed by atoms with Gasteiger partial charge in [-0.1, -0.05) is 204 Å². The lowest BCUT2D eigenvalue weighted by Crippen LogP contribution is -2.43. The highest BCUT2D eigenvalue weighted by atomic mass is 31.0. The van der Waals surface area contributed by atoms with Crippen molar-refractivity contribution < 1.29 is 0 Å². The lowest BCUT2D eigenvalue weighted by molar-refractivity contribution is 0.140. The van der Waals surface area contributed by atoms with Crippen molar-refractivity contribution >= 4 is 9.39 Å². The molecule has 0 amide bonds. The molecule has 0 bridgehead atoms. The fourth-order valence-corrected chi connectivity index (χ4v) is 6.91. The topological polar surface area (TPSA) is 3.24 Å². The van der Waals surface area contributed by atoms with E-state index in [-0.39, 0.29) is 0 Å². The number of unbranched alkanes of at least 4 members (excludes halogenated alkanes) is 23. The molecule has 0 saturated heterocycles. The molecule has 0 aliphatic heterocycles. The molecule has 2 heteroatoms. The number of hydrogen-bond acceptors (Lipinski definition) is 1. The standard InChI is InChI=1S/C36H76NP/c1-5-9-13-17-21-22-23-26-30-34-36(32-28-24-18-14-10-6-2,33-29-25-19-15-11-7-3)37(38)35-31-27-20-16-12-8-4/h5-35,38H2,1-4H3. The third-order valence-electron chi connectivity index (χ3n) is 9.10. The monoisotopic (exact) mass is 554 g/mol. The van der Waals surface area contributed by atoms with Gasteiger partial charge in [0.2, 0.25) is 0 Å². The minimum absolute atomic E-state index is 0.435. The second-order valence-corrected chi connectivity index (χ2v) is 13.4. The first kappa shape index (κ1) is 38.4. The highest BCUT2D eigenvalue weighted by Gasteiger charge is 2.33. The first-order valence-corrected chi connectivity index (χ1v) is 18.7. The summed E-state index contributed by atoms with van der Waals surface area (Å²) in [4.78, 5) is 0. The van der Waals surface area contributed by atoms with E-state index in [0.29, 0.717) is 5.54 Å². The Morgan fingerprint density at radius 2 is 0.579 bits per heavy atom. The molecule has 1 unspecified atom stereocenters. The zero-order valence-corrected chi connectivity index (χ0v) is 28.6. The van der Waals surface area contributed by atoms with Gasteiger partial charge in [0.05, 0.1) is 0 Å². The predicted octanol–water partition coefficient (Wildman–Crippen LogP) is 13.6. The van der Waals surface area contributed by atoms with Crippen LogP contribution in [0.5, 0.6) is 0 Å². The second-order valence-electron chi connectivity index (χ2n) is 12.8. The number of rotatable bonds is 32. The molecular weight excluding hydrogens is 477 g/mol. The smallest absolute Gasteiger partial charge is 0.0241 e. The maximum atomic E-state index is 3.28. The first-order chi connectivity index (χ1) is 18.7. The lowest BCUT2D eigenvalue weighted by atomic mass is 9.81. The van der Waals surface area contributed by atoms with Crippen LogP contribution < -0.4 is 0 Å². The summed E-state index contributed by atoms with van der Waals surface area (Å²) in [6.07, 6.45) is 42.9. The van der Waals surface area contributed by atoms with Crippen LogP contribution in [-0.4, -0.2) is 16.8 Å². The van der Waals surface area contributed by atoms with E-state index < -0.39 is 0 Å². The van der Waals surface area contributed by atoms with Crippen LogP contribution in [0.25, 0.3) is 0 Å². The molecule has 0 saturated carbocycles. The fraction of sp³-hybridized carbons (Fsp3) is 1.00. The molecule has 0 fully saturated rings. The van der Waals surface area contributed by atoms with Crippen LogP contribution in [-0.2, 0) is 0 Å². The SMILES string of the molecule is CCCCCCCCCCCC(CCCCCCCC)(CCCCCCCC)N(P)CCCCCCCC. The zero-order valence-electron chi connectivity index (χ0n) is 27.4. The average Bonchev–Trinajstić information content (AvgIpc) is 2.92. The minimum Gasteiger partial charge on any atom is -0.281 e. The van der Waals surface area contributed by atoms with Gasteiger partial charge < -0.3 is 0 Å². The van der Waals surface area contributed by atoms with Crippen molar-refractivity contribution in [1.82, 2.24) is 4.67 Å². The molecule has 1 nitrogen and oxygen atoms in total. The molecule has 0 aromatic rings. The number of hydrogen-bond donors (Lipinski definition) is 0. The Morgan fingerprint density at radius 3 is 0.868 bits per heavy atom. The molecule has 0 N–H and O–H groups in total. The van der Waals surface area contributed by atoms with E-state index in [1.807, 2.05) is 0 Å². The Hall–Kier alpha value is 0.390. The molecule has 0 aromatic heterocycles. The van der Waals surface area contributed by atoms with E-state index >= 15 is 0 Å². The van der Waals surface area contributed by atoms with E-state index in [4.69, 9.17) is 0 Å². The summed E-state index contributed by atoms with van der Waals surface area (Å²) in [5.41, 5.74) is 0.435. The van der Waals surface area contributed by atoms with Gasteiger partial charge in [-0.2, -0.15) is 0 Å². The van der Waals surface area contributed by atoms with Crippen LogP contribution in [0.15, 0.2) is 0 Å². The van der Waals surface area contributed by atoms with Crippen LogP contribution >= 0.6 is 9.39 Å². The molecule has 0 aliphatic carbocycles. The Bertz CT molecular complexity index is 421. The molecule has 0 aromatic carbocycles. The van der Waals surface area contributed by atoms with E-state index in [9.17, 15) is 0 Å². The van der Waals surface area contributed by atoms with Crippen molar-refractivity contribution in [1.29, 1.82) is 0 Å². The van der Waals surface area contributed by atoms with Crippen LogP contribution in [0, 0.1) is 0 Å². The minimum atomic E-state index is 0.435. The van der Waals surface area contributed by atoms with Gasteiger partial charge in [-0.3, -0.25) is 4.67 Å².